The molecule has 0 fully saturated rings. The zero-order valence-electron chi connectivity index (χ0n) is 9.86. The second-order valence-corrected chi connectivity index (χ2v) is 3.15. The van der Waals surface area contributed by atoms with Gasteiger partial charge in [0.25, 0.3) is 0 Å². The van der Waals surface area contributed by atoms with E-state index in [0.29, 0.717) is 23.7 Å². The highest BCUT2D eigenvalue weighted by Crippen LogP contribution is 2.28. The molecular weight excluding hydrogens is 244 g/mol. The summed E-state index contributed by atoms with van der Waals surface area (Å²) in [5.74, 6) is 1.10. The largest absolute Gasteiger partial charge is 0.497 e. The lowest BCUT2D eigenvalue weighted by atomic mass is 10.2. The van der Waals surface area contributed by atoms with Crippen LogP contribution < -0.4 is 20.5 Å². The predicted molar refractivity (Wildman–Crippen MR) is 69.1 cm³/mol. The summed E-state index contributed by atoms with van der Waals surface area (Å²) in [6.07, 6.45) is 0.278. The molecule has 1 aromatic rings. The number of anilines is 1. The molecule has 17 heavy (non-hydrogen) atoms. The zero-order chi connectivity index (χ0) is 12.0. The number of nitrogens with one attached hydrogen (secondary N) is 1. The normalized spacial score (nSPS) is 9.12. The summed E-state index contributed by atoms with van der Waals surface area (Å²) in [7, 11) is 3.10. The van der Waals surface area contributed by atoms with Crippen LogP contribution in [0.5, 0.6) is 11.5 Å². The molecule has 0 aliphatic rings. The van der Waals surface area contributed by atoms with Gasteiger partial charge in [-0.3, -0.25) is 4.79 Å². The SMILES string of the molecule is COc1ccc(OC)c(NC(=O)CCN)c1.Cl. The maximum Gasteiger partial charge on any atom is 0.225 e. The molecule has 0 aromatic heterocycles. The fourth-order valence-corrected chi connectivity index (χ4v) is 1.26. The number of halogens is 1. The Morgan fingerprint density at radius 2 is 2.06 bits per heavy atom. The molecule has 0 aliphatic heterocycles. The first-order chi connectivity index (χ1) is 7.71. The molecule has 0 atom stereocenters. The van der Waals surface area contributed by atoms with Crippen molar-refractivity contribution in [2.24, 2.45) is 5.73 Å². The molecule has 0 saturated carbocycles. The summed E-state index contributed by atoms with van der Waals surface area (Å²) in [6.45, 7) is 0.318. The van der Waals surface area contributed by atoms with Gasteiger partial charge in [-0.25, -0.2) is 0 Å². The van der Waals surface area contributed by atoms with Gasteiger partial charge in [0.2, 0.25) is 5.91 Å². The quantitative estimate of drug-likeness (QED) is 0.840. The van der Waals surface area contributed by atoms with Crippen LogP contribution in [0.2, 0.25) is 0 Å². The van der Waals surface area contributed by atoms with Gasteiger partial charge in [-0.05, 0) is 12.1 Å². The van der Waals surface area contributed by atoms with Gasteiger partial charge < -0.3 is 20.5 Å². The second kappa shape index (κ2) is 7.76. The van der Waals surface area contributed by atoms with Crippen LogP contribution in [0.25, 0.3) is 0 Å². The molecule has 0 unspecified atom stereocenters. The summed E-state index contributed by atoms with van der Waals surface area (Å²) in [6, 6.07) is 5.20. The Morgan fingerprint density at radius 3 is 2.59 bits per heavy atom. The molecule has 3 N–H and O–H groups in total. The number of carbonyl (C=O) groups is 1. The highest BCUT2D eigenvalue weighted by Gasteiger charge is 2.08. The molecule has 1 aromatic carbocycles. The summed E-state index contributed by atoms with van der Waals surface area (Å²) < 4.78 is 10.2. The molecule has 0 radical (unpaired) electrons. The maximum absolute atomic E-state index is 11.4. The molecular formula is C11H17ClN2O3. The average molecular weight is 261 g/mol. The molecule has 0 spiro atoms. The van der Waals surface area contributed by atoms with Gasteiger partial charge >= 0.3 is 0 Å². The van der Waals surface area contributed by atoms with Gasteiger partial charge in [0.05, 0.1) is 19.9 Å². The topological polar surface area (TPSA) is 73.6 Å². The van der Waals surface area contributed by atoms with Crippen molar-refractivity contribution in [3.63, 3.8) is 0 Å². The summed E-state index contributed by atoms with van der Waals surface area (Å²) in [5.41, 5.74) is 5.88. The van der Waals surface area contributed by atoms with Crippen LogP contribution >= 0.6 is 12.4 Å². The molecule has 5 nitrogen and oxygen atoms in total. The van der Waals surface area contributed by atoms with E-state index in [-0.39, 0.29) is 24.7 Å². The van der Waals surface area contributed by atoms with Crippen LogP contribution in [-0.2, 0) is 4.79 Å². The average Bonchev–Trinajstić information content (AvgIpc) is 2.29. The Balaban J connectivity index is 0.00000256. The van der Waals surface area contributed by atoms with E-state index in [1.165, 1.54) is 0 Å². The third-order valence-corrected chi connectivity index (χ3v) is 2.05. The monoisotopic (exact) mass is 260 g/mol. The van der Waals surface area contributed by atoms with E-state index in [1.54, 1.807) is 32.4 Å². The van der Waals surface area contributed by atoms with Crippen molar-refractivity contribution in [1.29, 1.82) is 0 Å². The summed E-state index contributed by atoms with van der Waals surface area (Å²) >= 11 is 0. The fraction of sp³-hybridized carbons (Fsp3) is 0.364. The number of methoxy groups -OCH3 is 2. The van der Waals surface area contributed by atoms with E-state index >= 15 is 0 Å². The van der Waals surface area contributed by atoms with Crippen LogP contribution in [0, 0.1) is 0 Å². The van der Waals surface area contributed by atoms with E-state index in [1.807, 2.05) is 0 Å². The van der Waals surface area contributed by atoms with Crippen molar-refractivity contribution in [3.05, 3.63) is 18.2 Å². The molecule has 0 saturated heterocycles. The van der Waals surface area contributed by atoms with Crippen LogP contribution in [0.1, 0.15) is 6.42 Å². The Kier molecular flexibility index (Phi) is 7.09. The number of hydrogen-bond donors (Lipinski definition) is 2. The van der Waals surface area contributed by atoms with Crippen molar-refractivity contribution in [1.82, 2.24) is 0 Å². The van der Waals surface area contributed by atoms with Crippen LogP contribution in [0.3, 0.4) is 0 Å². The number of hydrogen-bond acceptors (Lipinski definition) is 4. The van der Waals surface area contributed by atoms with Gasteiger partial charge in [0, 0.05) is 19.0 Å². The third-order valence-electron chi connectivity index (χ3n) is 2.05. The molecule has 1 rings (SSSR count). The lowest BCUT2D eigenvalue weighted by Crippen LogP contribution is -2.16. The predicted octanol–water partition coefficient (Wildman–Crippen LogP) is 1.41. The molecule has 0 heterocycles. The van der Waals surface area contributed by atoms with Crippen molar-refractivity contribution < 1.29 is 14.3 Å². The summed E-state index contributed by atoms with van der Waals surface area (Å²) in [4.78, 5) is 11.4. The van der Waals surface area contributed by atoms with E-state index in [4.69, 9.17) is 15.2 Å². The molecule has 1 amide bonds. The van der Waals surface area contributed by atoms with Crippen molar-refractivity contribution >= 4 is 24.0 Å². The second-order valence-electron chi connectivity index (χ2n) is 3.15. The minimum absolute atomic E-state index is 0. The van der Waals surface area contributed by atoms with E-state index in [0.717, 1.165) is 0 Å². The molecule has 0 aliphatic carbocycles. The van der Waals surface area contributed by atoms with Crippen LogP contribution in [-0.4, -0.2) is 26.7 Å². The first-order valence-electron chi connectivity index (χ1n) is 4.93. The van der Waals surface area contributed by atoms with Crippen LogP contribution in [0.15, 0.2) is 18.2 Å². The number of benzene rings is 1. The maximum atomic E-state index is 11.4. The number of rotatable bonds is 5. The number of nitrogens with two attached hydrogens (primary N) is 1. The van der Waals surface area contributed by atoms with Crippen molar-refractivity contribution in [3.8, 4) is 11.5 Å². The zero-order valence-corrected chi connectivity index (χ0v) is 10.7. The fourth-order valence-electron chi connectivity index (χ4n) is 1.26. The number of ether oxygens (including phenoxy) is 2. The first-order valence-corrected chi connectivity index (χ1v) is 4.93. The van der Waals surface area contributed by atoms with Gasteiger partial charge in [-0.15, -0.1) is 12.4 Å². The summed E-state index contributed by atoms with van der Waals surface area (Å²) in [5, 5.41) is 2.71. The third kappa shape index (κ3) is 4.50. The molecule has 6 heteroatoms. The Bertz CT molecular complexity index is 372. The van der Waals surface area contributed by atoms with Gasteiger partial charge in [0.1, 0.15) is 11.5 Å². The molecule has 96 valence electrons. The van der Waals surface area contributed by atoms with Gasteiger partial charge in [-0.1, -0.05) is 0 Å². The number of carbonyl (C=O) groups excluding carboxylic acids is 1. The standard InChI is InChI=1S/C11H16N2O3.ClH/c1-15-8-3-4-10(16-2)9(7-8)13-11(14)5-6-12;/h3-4,7H,5-6,12H2,1-2H3,(H,13,14);1H. The Labute approximate surface area is 107 Å². The first kappa shape index (κ1) is 15.5. The van der Waals surface area contributed by atoms with Crippen molar-refractivity contribution in [2.75, 3.05) is 26.1 Å². The van der Waals surface area contributed by atoms with Crippen molar-refractivity contribution in [2.45, 2.75) is 6.42 Å². The van der Waals surface area contributed by atoms with E-state index in [9.17, 15) is 4.79 Å². The van der Waals surface area contributed by atoms with E-state index < -0.39 is 0 Å². The minimum Gasteiger partial charge on any atom is -0.497 e. The van der Waals surface area contributed by atoms with Crippen LogP contribution in [0.4, 0.5) is 5.69 Å². The minimum atomic E-state index is -0.144. The highest BCUT2D eigenvalue weighted by molar-refractivity contribution is 5.92. The smallest absolute Gasteiger partial charge is 0.225 e. The number of amides is 1. The Hall–Kier alpha value is -1.46. The Morgan fingerprint density at radius 1 is 1.35 bits per heavy atom. The lowest BCUT2D eigenvalue weighted by Gasteiger charge is -2.11. The molecule has 0 bridgehead atoms. The highest BCUT2D eigenvalue weighted by atomic mass is 35.5. The van der Waals surface area contributed by atoms with E-state index in [2.05, 4.69) is 5.32 Å². The lowest BCUT2D eigenvalue weighted by molar-refractivity contribution is -0.116. The van der Waals surface area contributed by atoms with Gasteiger partial charge in [0.15, 0.2) is 0 Å². The van der Waals surface area contributed by atoms with Gasteiger partial charge in [-0.2, -0.15) is 0 Å².